The molecule has 1 fully saturated rings. The highest BCUT2D eigenvalue weighted by Crippen LogP contribution is 2.24. The molecule has 2 heterocycles. The minimum absolute atomic E-state index is 0.0586. The maximum Gasteiger partial charge on any atom is 0.259 e. The lowest BCUT2D eigenvalue weighted by molar-refractivity contribution is 0.102. The van der Waals surface area contributed by atoms with Crippen LogP contribution < -0.4 is 10.6 Å². The lowest BCUT2D eigenvalue weighted by Crippen LogP contribution is -2.27. The van der Waals surface area contributed by atoms with Gasteiger partial charge in [-0.25, -0.2) is 9.07 Å². The average molecular weight is 338 g/mol. The molecule has 0 saturated carbocycles. The summed E-state index contributed by atoms with van der Waals surface area (Å²) in [6, 6.07) is 3.64. The minimum Gasteiger partial charge on any atom is -0.317 e. The number of piperidine rings is 1. The fourth-order valence-corrected chi connectivity index (χ4v) is 2.86. The lowest BCUT2D eigenvalue weighted by Gasteiger charge is -2.19. The summed E-state index contributed by atoms with van der Waals surface area (Å²) < 4.78 is 14.6. The minimum atomic E-state index is -0.488. The normalized spacial score (nSPS) is 15.6. The van der Waals surface area contributed by atoms with E-state index in [0.717, 1.165) is 37.8 Å². The van der Waals surface area contributed by atoms with Crippen LogP contribution in [0.1, 0.15) is 34.9 Å². The molecule has 2 N–H and O–H groups in total. The van der Waals surface area contributed by atoms with E-state index in [0.29, 0.717) is 11.9 Å². The Morgan fingerprint density at radius 2 is 2.17 bits per heavy atom. The molecule has 1 aromatic heterocycles. The van der Waals surface area contributed by atoms with Crippen LogP contribution in [-0.4, -0.2) is 33.8 Å². The highest BCUT2D eigenvalue weighted by Gasteiger charge is 2.22. The van der Waals surface area contributed by atoms with E-state index in [1.807, 2.05) is 0 Å². The summed E-state index contributed by atoms with van der Waals surface area (Å²) in [6.07, 6.45) is 1.95. The third-order valence-electron chi connectivity index (χ3n) is 3.88. The van der Waals surface area contributed by atoms with Crippen LogP contribution in [0.15, 0.2) is 18.2 Å². The summed E-state index contributed by atoms with van der Waals surface area (Å²) in [4.78, 5) is 16.7. The van der Waals surface area contributed by atoms with Gasteiger partial charge in [-0.1, -0.05) is 11.6 Å². The molecule has 0 radical (unpaired) electrons. The summed E-state index contributed by atoms with van der Waals surface area (Å²) in [6.45, 7) is 1.88. The monoisotopic (exact) mass is 337 g/mol. The van der Waals surface area contributed by atoms with Crippen LogP contribution >= 0.6 is 11.6 Å². The van der Waals surface area contributed by atoms with Gasteiger partial charge < -0.3 is 5.32 Å². The number of nitrogens with zero attached hydrogens (tertiary/aromatic N) is 3. The zero-order chi connectivity index (χ0) is 16.4. The highest BCUT2D eigenvalue weighted by atomic mass is 35.5. The number of rotatable bonds is 3. The molecule has 1 saturated heterocycles. The van der Waals surface area contributed by atoms with E-state index in [4.69, 9.17) is 11.6 Å². The van der Waals surface area contributed by atoms with Gasteiger partial charge in [0.2, 0.25) is 5.95 Å². The number of carbonyl (C=O) groups is 1. The SMILES string of the molecule is Cn1nc(C2CCNCC2)nc1NC(=O)c1ccc(F)cc1Cl. The smallest absolute Gasteiger partial charge is 0.259 e. The molecule has 1 amide bonds. The van der Waals surface area contributed by atoms with Gasteiger partial charge in [-0.3, -0.25) is 10.1 Å². The van der Waals surface area contributed by atoms with E-state index < -0.39 is 11.7 Å². The predicted molar refractivity (Wildman–Crippen MR) is 85.2 cm³/mol. The second kappa shape index (κ2) is 6.64. The summed E-state index contributed by atoms with van der Waals surface area (Å²) in [7, 11) is 1.72. The molecule has 2 aromatic rings. The molecule has 3 rings (SSSR count). The van der Waals surface area contributed by atoms with Crippen LogP contribution in [-0.2, 0) is 7.05 Å². The first-order valence-electron chi connectivity index (χ1n) is 7.42. The predicted octanol–water partition coefficient (Wildman–Crippen LogP) is 2.33. The molecular weight excluding hydrogens is 321 g/mol. The molecule has 0 spiro atoms. The Morgan fingerprint density at radius 3 is 2.87 bits per heavy atom. The van der Waals surface area contributed by atoms with Crippen molar-refractivity contribution in [3.05, 3.63) is 40.4 Å². The number of aromatic nitrogens is 3. The van der Waals surface area contributed by atoms with E-state index in [1.54, 1.807) is 7.05 Å². The topological polar surface area (TPSA) is 71.8 Å². The van der Waals surface area contributed by atoms with Crippen molar-refractivity contribution in [3.8, 4) is 0 Å². The van der Waals surface area contributed by atoms with Crippen LogP contribution in [0.4, 0.5) is 10.3 Å². The number of anilines is 1. The molecule has 1 aliphatic heterocycles. The zero-order valence-electron chi connectivity index (χ0n) is 12.6. The first-order chi connectivity index (χ1) is 11.0. The van der Waals surface area contributed by atoms with E-state index in [-0.39, 0.29) is 10.6 Å². The van der Waals surface area contributed by atoms with Crippen LogP contribution in [0.3, 0.4) is 0 Å². The third-order valence-corrected chi connectivity index (χ3v) is 4.20. The van der Waals surface area contributed by atoms with Crippen molar-refractivity contribution in [2.24, 2.45) is 7.05 Å². The zero-order valence-corrected chi connectivity index (χ0v) is 13.4. The maximum absolute atomic E-state index is 13.1. The summed E-state index contributed by atoms with van der Waals surface area (Å²) in [5.41, 5.74) is 0.194. The van der Waals surface area contributed by atoms with Crippen molar-refractivity contribution in [3.63, 3.8) is 0 Å². The van der Waals surface area contributed by atoms with E-state index >= 15 is 0 Å². The fourth-order valence-electron chi connectivity index (χ4n) is 2.61. The van der Waals surface area contributed by atoms with Crippen LogP contribution in [0.2, 0.25) is 5.02 Å². The van der Waals surface area contributed by atoms with Gasteiger partial charge in [0, 0.05) is 13.0 Å². The van der Waals surface area contributed by atoms with Crippen molar-refractivity contribution in [1.82, 2.24) is 20.1 Å². The number of benzene rings is 1. The van der Waals surface area contributed by atoms with Crippen molar-refractivity contribution in [2.45, 2.75) is 18.8 Å². The molecule has 6 nitrogen and oxygen atoms in total. The number of nitrogens with one attached hydrogen (secondary N) is 2. The van der Waals surface area contributed by atoms with Gasteiger partial charge in [0.25, 0.3) is 5.91 Å². The third kappa shape index (κ3) is 3.51. The second-order valence-corrected chi connectivity index (χ2v) is 5.93. The van der Waals surface area contributed by atoms with Gasteiger partial charge >= 0.3 is 0 Å². The molecule has 0 aliphatic carbocycles. The Bertz CT molecular complexity index is 727. The molecule has 0 atom stereocenters. The summed E-state index contributed by atoms with van der Waals surface area (Å²) in [5, 5.41) is 10.4. The van der Waals surface area contributed by atoms with Gasteiger partial charge in [-0.05, 0) is 44.1 Å². The van der Waals surface area contributed by atoms with Crippen molar-refractivity contribution in [1.29, 1.82) is 0 Å². The number of amides is 1. The van der Waals surface area contributed by atoms with Gasteiger partial charge in [-0.2, -0.15) is 10.1 Å². The quantitative estimate of drug-likeness (QED) is 0.901. The van der Waals surface area contributed by atoms with Gasteiger partial charge in [-0.15, -0.1) is 0 Å². The van der Waals surface area contributed by atoms with Gasteiger partial charge in [0.1, 0.15) is 5.82 Å². The van der Waals surface area contributed by atoms with Gasteiger partial charge in [0.15, 0.2) is 5.82 Å². The Hall–Kier alpha value is -1.99. The molecule has 0 unspecified atom stereocenters. The highest BCUT2D eigenvalue weighted by molar-refractivity contribution is 6.34. The number of hydrogen-bond acceptors (Lipinski definition) is 4. The number of halogens is 2. The fraction of sp³-hybridized carbons (Fsp3) is 0.400. The molecular formula is C15H17ClFN5O. The standard InChI is InChI=1S/C15H17ClFN5O/c1-22-15(19-13(21-22)9-4-6-18-7-5-9)20-14(23)11-3-2-10(17)8-12(11)16/h2-3,8-9,18H,4-7H2,1H3,(H,19,20,21,23). The first kappa shape index (κ1) is 15.9. The first-order valence-corrected chi connectivity index (χ1v) is 7.80. The second-order valence-electron chi connectivity index (χ2n) is 5.52. The molecule has 1 aromatic carbocycles. The molecule has 122 valence electrons. The van der Waals surface area contributed by atoms with Crippen molar-refractivity contribution in [2.75, 3.05) is 18.4 Å². The Kier molecular flexibility index (Phi) is 4.58. The molecule has 8 heteroatoms. The van der Waals surface area contributed by atoms with Crippen LogP contribution in [0.25, 0.3) is 0 Å². The number of carbonyl (C=O) groups excluding carboxylic acids is 1. The maximum atomic E-state index is 13.1. The average Bonchev–Trinajstić information content (AvgIpc) is 2.89. The number of aryl methyl sites for hydroxylation is 1. The van der Waals surface area contributed by atoms with E-state index in [1.165, 1.54) is 16.8 Å². The lowest BCUT2D eigenvalue weighted by atomic mass is 9.98. The van der Waals surface area contributed by atoms with Gasteiger partial charge in [0.05, 0.1) is 10.6 Å². The molecule has 23 heavy (non-hydrogen) atoms. The molecule has 0 bridgehead atoms. The van der Waals surface area contributed by atoms with Crippen LogP contribution in [0, 0.1) is 5.82 Å². The Balaban J connectivity index is 1.77. The van der Waals surface area contributed by atoms with E-state index in [2.05, 4.69) is 20.7 Å². The van der Waals surface area contributed by atoms with Crippen LogP contribution in [0.5, 0.6) is 0 Å². The Morgan fingerprint density at radius 1 is 1.43 bits per heavy atom. The number of hydrogen-bond donors (Lipinski definition) is 2. The van der Waals surface area contributed by atoms with Crippen molar-refractivity contribution >= 4 is 23.5 Å². The van der Waals surface area contributed by atoms with E-state index in [9.17, 15) is 9.18 Å². The van der Waals surface area contributed by atoms with Crippen molar-refractivity contribution < 1.29 is 9.18 Å². The molecule has 1 aliphatic rings. The largest absolute Gasteiger partial charge is 0.317 e. The Labute approximate surface area is 138 Å². The summed E-state index contributed by atoms with van der Waals surface area (Å²) in [5.74, 6) is 0.446. The summed E-state index contributed by atoms with van der Waals surface area (Å²) >= 11 is 5.91.